The average Bonchev–Trinajstić information content (AvgIpc) is 2.70. The van der Waals surface area contributed by atoms with Crippen molar-refractivity contribution in [1.29, 1.82) is 0 Å². The summed E-state index contributed by atoms with van der Waals surface area (Å²) in [7, 11) is 0. The maximum atomic E-state index is 9.41. The minimum atomic E-state index is -0.136. The molecule has 92 valence electrons. The first-order chi connectivity index (χ1) is 7.63. The van der Waals surface area contributed by atoms with Crippen LogP contribution in [0.2, 0.25) is 0 Å². The lowest BCUT2D eigenvalue weighted by atomic mass is 10.1. The summed E-state index contributed by atoms with van der Waals surface area (Å²) in [6.07, 6.45) is 4.57. The van der Waals surface area contributed by atoms with E-state index >= 15 is 0 Å². The predicted molar refractivity (Wildman–Crippen MR) is 68.8 cm³/mol. The van der Waals surface area contributed by atoms with Crippen molar-refractivity contribution >= 4 is 11.3 Å². The monoisotopic (exact) mass is 242 g/mol. The number of hydrogen-bond acceptors (Lipinski definition) is 4. The van der Waals surface area contributed by atoms with Gasteiger partial charge in [0.15, 0.2) is 0 Å². The molecular formula is C12H22N2OS. The molecule has 2 N–H and O–H groups in total. The Bertz CT molecular complexity index is 301. The maximum Gasteiger partial charge on any atom is 0.0897 e. The highest BCUT2D eigenvalue weighted by atomic mass is 32.1. The summed E-state index contributed by atoms with van der Waals surface area (Å²) < 4.78 is 0. The Labute approximate surface area is 102 Å². The summed E-state index contributed by atoms with van der Waals surface area (Å²) in [5.41, 5.74) is 0. The van der Waals surface area contributed by atoms with Crippen LogP contribution in [0.1, 0.15) is 49.0 Å². The number of aromatic nitrogens is 1. The number of nitrogens with one attached hydrogen (secondary N) is 1. The van der Waals surface area contributed by atoms with Gasteiger partial charge in [0.2, 0.25) is 0 Å². The second-order valence-corrected chi connectivity index (χ2v) is 5.43. The fourth-order valence-electron chi connectivity index (χ4n) is 1.54. The van der Waals surface area contributed by atoms with E-state index in [4.69, 9.17) is 0 Å². The van der Waals surface area contributed by atoms with Crippen LogP contribution in [0.3, 0.4) is 0 Å². The summed E-state index contributed by atoms with van der Waals surface area (Å²) in [6.45, 7) is 7.15. The second-order valence-electron chi connectivity index (χ2n) is 4.16. The molecule has 2 unspecified atom stereocenters. The van der Waals surface area contributed by atoms with Gasteiger partial charge in [-0.3, -0.25) is 0 Å². The molecular weight excluding hydrogens is 220 g/mol. The third-order valence-corrected chi connectivity index (χ3v) is 3.80. The van der Waals surface area contributed by atoms with Crippen LogP contribution in [0.15, 0.2) is 6.20 Å². The zero-order valence-corrected chi connectivity index (χ0v) is 11.2. The third kappa shape index (κ3) is 4.60. The summed E-state index contributed by atoms with van der Waals surface area (Å²) in [6, 6.07) is 0.366. The number of aliphatic hydroxyl groups is 1. The van der Waals surface area contributed by atoms with E-state index in [1.54, 1.807) is 11.3 Å². The quantitative estimate of drug-likeness (QED) is 0.723. The van der Waals surface area contributed by atoms with Crippen molar-refractivity contribution < 1.29 is 5.11 Å². The molecule has 2 atom stereocenters. The SMILES string of the molecule is CCC(O)CCCNC(C)c1cnc(C)s1. The maximum absolute atomic E-state index is 9.41. The summed E-state index contributed by atoms with van der Waals surface area (Å²) in [5.74, 6) is 0. The first kappa shape index (κ1) is 13.6. The molecule has 0 bridgehead atoms. The number of thiazole rings is 1. The Balaban J connectivity index is 2.18. The molecule has 1 aromatic heterocycles. The molecule has 4 heteroatoms. The molecule has 0 aliphatic carbocycles. The van der Waals surface area contributed by atoms with Crippen LogP contribution in [0.4, 0.5) is 0 Å². The molecule has 16 heavy (non-hydrogen) atoms. The van der Waals surface area contributed by atoms with Gasteiger partial charge in [0, 0.05) is 17.1 Å². The largest absolute Gasteiger partial charge is 0.393 e. The fraction of sp³-hybridized carbons (Fsp3) is 0.750. The van der Waals surface area contributed by atoms with Gasteiger partial charge in [0.1, 0.15) is 0 Å². The number of nitrogens with zero attached hydrogens (tertiary/aromatic N) is 1. The number of hydrogen-bond donors (Lipinski definition) is 2. The Morgan fingerprint density at radius 3 is 2.88 bits per heavy atom. The van der Waals surface area contributed by atoms with E-state index in [-0.39, 0.29) is 6.10 Å². The lowest BCUT2D eigenvalue weighted by Gasteiger charge is -2.12. The van der Waals surface area contributed by atoms with E-state index in [1.165, 1.54) is 4.88 Å². The normalized spacial score (nSPS) is 15.0. The molecule has 0 fully saturated rings. The predicted octanol–water partition coefficient (Wildman–Crippen LogP) is 2.65. The molecule has 0 aliphatic rings. The van der Waals surface area contributed by atoms with Crippen LogP contribution in [0.25, 0.3) is 0 Å². The minimum Gasteiger partial charge on any atom is -0.393 e. The van der Waals surface area contributed by atoms with Crippen molar-refractivity contribution in [3.63, 3.8) is 0 Å². The van der Waals surface area contributed by atoms with Crippen LogP contribution < -0.4 is 5.32 Å². The number of aryl methyl sites for hydroxylation is 1. The molecule has 3 nitrogen and oxygen atoms in total. The lowest BCUT2D eigenvalue weighted by molar-refractivity contribution is 0.157. The average molecular weight is 242 g/mol. The molecule has 1 aromatic rings. The van der Waals surface area contributed by atoms with E-state index in [0.29, 0.717) is 6.04 Å². The topological polar surface area (TPSA) is 45.1 Å². The standard InChI is InChI=1S/C12H22N2OS/c1-4-11(15)6-5-7-13-9(2)12-8-14-10(3)16-12/h8-9,11,13,15H,4-7H2,1-3H3. The molecule has 1 heterocycles. The molecule has 0 spiro atoms. The van der Waals surface area contributed by atoms with Gasteiger partial charge >= 0.3 is 0 Å². The summed E-state index contributed by atoms with van der Waals surface area (Å²) in [4.78, 5) is 5.53. The van der Waals surface area contributed by atoms with Gasteiger partial charge in [-0.05, 0) is 39.7 Å². The van der Waals surface area contributed by atoms with E-state index in [0.717, 1.165) is 30.8 Å². The van der Waals surface area contributed by atoms with Gasteiger partial charge in [-0.15, -0.1) is 11.3 Å². The van der Waals surface area contributed by atoms with Crippen molar-refractivity contribution in [2.24, 2.45) is 0 Å². The van der Waals surface area contributed by atoms with Gasteiger partial charge < -0.3 is 10.4 Å². The zero-order chi connectivity index (χ0) is 12.0. The van der Waals surface area contributed by atoms with Gasteiger partial charge in [0.25, 0.3) is 0 Å². The Morgan fingerprint density at radius 2 is 2.31 bits per heavy atom. The zero-order valence-electron chi connectivity index (χ0n) is 10.4. The third-order valence-electron chi connectivity index (χ3n) is 2.70. The van der Waals surface area contributed by atoms with Crippen molar-refractivity contribution in [3.05, 3.63) is 16.1 Å². The molecule has 1 rings (SSSR count). The number of rotatable bonds is 7. The highest BCUT2D eigenvalue weighted by Gasteiger charge is 2.07. The van der Waals surface area contributed by atoms with E-state index < -0.39 is 0 Å². The molecule has 0 saturated carbocycles. The van der Waals surface area contributed by atoms with Gasteiger partial charge in [-0.2, -0.15) is 0 Å². The van der Waals surface area contributed by atoms with Crippen LogP contribution in [-0.2, 0) is 0 Å². The van der Waals surface area contributed by atoms with E-state index in [9.17, 15) is 5.11 Å². The van der Waals surface area contributed by atoms with Crippen LogP contribution in [0, 0.1) is 6.92 Å². The molecule has 0 amide bonds. The van der Waals surface area contributed by atoms with Crippen LogP contribution >= 0.6 is 11.3 Å². The molecule has 0 aliphatic heterocycles. The molecule has 0 radical (unpaired) electrons. The Morgan fingerprint density at radius 1 is 1.56 bits per heavy atom. The van der Waals surface area contributed by atoms with Gasteiger partial charge in [-0.1, -0.05) is 6.92 Å². The van der Waals surface area contributed by atoms with Crippen molar-refractivity contribution in [3.8, 4) is 0 Å². The first-order valence-electron chi connectivity index (χ1n) is 5.97. The van der Waals surface area contributed by atoms with Crippen LogP contribution in [-0.4, -0.2) is 22.7 Å². The van der Waals surface area contributed by atoms with Crippen molar-refractivity contribution in [1.82, 2.24) is 10.3 Å². The highest BCUT2D eigenvalue weighted by molar-refractivity contribution is 7.11. The van der Waals surface area contributed by atoms with Crippen molar-refractivity contribution in [2.75, 3.05) is 6.54 Å². The molecule has 0 saturated heterocycles. The highest BCUT2D eigenvalue weighted by Crippen LogP contribution is 2.19. The number of aliphatic hydroxyl groups excluding tert-OH is 1. The van der Waals surface area contributed by atoms with Gasteiger partial charge in [-0.25, -0.2) is 4.98 Å². The minimum absolute atomic E-state index is 0.136. The van der Waals surface area contributed by atoms with Crippen molar-refractivity contribution in [2.45, 2.75) is 52.2 Å². The Hall–Kier alpha value is -0.450. The van der Waals surface area contributed by atoms with Crippen LogP contribution in [0.5, 0.6) is 0 Å². The second kappa shape index (κ2) is 6.99. The summed E-state index contributed by atoms with van der Waals surface area (Å²) in [5, 5.41) is 14.0. The van der Waals surface area contributed by atoms with Gasteiger partial charge in [0.05, 0.1) is 11.1 Å². The van der Waals surface area contributed by atoms with E-state index in [1.807, 2.05) is 20.0 Å². The lowest BCUT2D eigenvalue weighted by Crippen LogP contribution is -2.20. The first-order valence-corrected chi connectivity index (χ1v) is 6.79. The Kier molecular flexibility index (Phi) is 5.95. The summed E-state index contributed by atoms with van der Waals surface area (Å²) >= 11 is 1.74. The van der Waals surface area contributed by atoms with E-state index in [2.05, 4.69) is 17.2 Å². The molecule has 0 aromatic carbocycles. The smallest absolute Gasteiger partial charge is 0.0897 e. The fourth-order valence-corrected chi connectivity index (χ4v) is 2.35.